The molecule has 0 heterocycles. The van der Waals surface area contributed by atoms with Crippen molar-refractivity contribution in [2.75, 3.05) is 0 Å². The maximum absolute atomic E-state index is 12.8. The van der Waals surface area contributed by atoms with Gasteiger partial charge in [-0.15, -0.1) is 0 Å². The fourth-order valence-electron chi connectivity index (χ4n) is 11.5. The molecular formula is C30H47NO3. The Kier molecular flexibility index (Phi) is 5.27. The summed E-state index contributed by atoms with van der Waals surface area (Å²) in [5.74, 6) is 1.69. The van der Waals surface area contributed by atoms with E-state index in [0.29, 0.717) is 23.7 Å². The van der Waals surface area contributed by atoms with E-state index in [1.54, 1.807) is 0 Å². The Labute approximate surface area is 206 Å². The average molecular weight is 470 g/mol. The van der Waals surface area contributed by atoms with E-state index in [1.165, 1.54) is 24.8 Å². The third kappa shape index (κ3) is 2.72. The lowest BCUT2D eigenvalue weighted by Gasteiger charge is -2.72. The van der Waals surface area contributed by atoms with E-state index in [-0.39, 0.29) is 27.6 Å². The molecule has 4 heteroatoms. The summed E-state index contributed by atoms with van der Waals surface area (Å²) < 4.78 is 0. The number of rotatable bonds is 2. The average Bonchev–Trinajstić information content (AvgIpc) is 3.15. The Balaban J connectivity index is 1.56. The summed E-state index contributed by atoms with van der Waals surface area (Å²) in [5.41, 5.74) is 2.20. The van der Waals surface area contributed by atoms with Crippen molar-refractivity contribution in [1.82, 2.24) is 0 Å². The van der Waals surface area contributed by atoms with Gasteiger partial charge in [-0.25, -0.2) is 0 Å². The van der Waals surface area contributed by atoms with E-state index in [9.17, 15) is 15.1 Å². The number of hydrogen-bond acceptors (Lipinski definition) is 3. The van der Waals surface area contributed by atoms with Gasteiger partial charge in [-0.05, 0) is 117 Å². The monoisotopic (exact) mass is 469 g/mol. The Morgan fingerprint density at radius 2 is 1.62 bits per heavy atom. The van der Waals surface area contributed by atoms with E-state index >= 15 is 0 Å². The normalized spacial score (nSPS) is 52.8. The van der Waals surface area contributed by atoms with Gasteiger partial charge in [0.2, 0.25) is 0 Å². The van der Waals surface area contributed by atoms with Crippen molar-refractivity contribution in [1.29, 1.82) is 0 Å². The highest BCUT2D eigenvalue weighted by atomic mass is 16.4. The number of allylic oxidation sites excluding steroid dienone is 1. The number of hydrogen-bond donors (Lipinski definition) is 2. The molecule has 5 fully saturated rings. The van der Waals surface area contributed by atoms with Gasteiger partial charge in [0.15, 0.2) is 0 Å². The van der Waals surface area contributed by atoms with Crippen LogP contribution < -0.4 is 0 Å². The first-order chi connectivity index (χ1) is 15.8. The minimum absolute atomic E-state index is 0.0671. The number of oxime groups is 1. The molecule has 190 valence electrons. The van der Waals surface area contributed by atoms with E-state index in [2.05, 4.69) is 53.3 Å². The van der Waals surface area contributed by atoms with E-state index in [0.717, 1.165) is 50.7 Å². The van der Waals surface area contributed by atoms with Crippen LogP contribution in [0.2, 0.25) is 0 Å². The smallest absolute Gasteiger partial charge is 0.309 e. The molecule has 5 aliphatic carbocycles. The van der Waals surface area contributed by atoms with Crippen LogP contribution >= 0.6 is 0 Å². The molecule has 4 nitrogen and oxygen atoms in total. The van der Waals surface area contributed by atoms with Gasteiger partial charge in [0.25, 0.3) is 0 Å². The Bertz CT molecular complexity index is 937. The minimum Gasteiger partial charge on any atom is -0.481 e. The van der Waals surface area contributed by atoms with E-state index in [1.807, 2.05) is 0 Å². The molecule has 5 saturated carbocycles. The lowest BCUT2D eigenvalue weighted by molar-refractivity contribution is -0.230. The van der Waals surface area contributed by atoms with Crippen molar-refractivity contribution in [2.24, 2.45) is 61.8 Å². The van der Waals surface area contributed by atoms with Crippen molar-refractivity contribution in [3.8, 4) is 0 Å². The van der Waals surface area contributed by atoms with Crippen LogP contribution in [0.25, 0.3) is 0 Å². The van der Waals surface area contributed by atoms with Crippen LogP contribution in [0.4, 0.5) is 0 Å². The second-order valence-electron chi connectivity index (χ2n) is 14.4. The molecule has 0 saturated heterocycles. The molecule has 0 aliphatic heterocycles. The van der Waals surface area contributed by atoms with Crippen molar-refractivity contribution in [2.45, 2.75) is 106 Å². The number of carboxylic acids is 1. The minimum atomic E-state index is -0.545. The summed E-state index contributed by atoms with van der Waals surface area (Å²) in [6.45, 7) is 18.8. The largest absolute Gasteiger partial charge is 0.481 e. The molecule has 0 amide bonds. The summed E-state index contributed by atoms with van der Waals surface area (Å²) in [6, 6.07) is 0. The highest BCUT2D eigenvalue weighted by molar-refractivity contribution is 5.90. The molecule has 2 N–H and O–H groups in total. The van der Waals surface area contributed by atoms with Crippen molar-refractivity contribution in [3.05, 3.63) is 12.2 Å². The second kappa shape index (κ2) is 7.35. The van der Waals surface area contributed by atoms with Gasteiger partial charge >= 0.3 is 5.97 Å². The lowest BCUT2D eigenvalue weighted by Crippen LogP contribution is -2.66. The summed E-state index contributed by atoms with van der Waals surface area (Å²) in [6.07, 6.45) is 10.5. The Morgan fingerprint density at radius 1 is 0.912 bits per heavy atom. The van der Waals surface area contributed by atoms with Crippen molar-refractivity contribution < 1.29 is 15.1 Å². The van der Waals surface area contributed by atoms with Crippen LogP contribution in [0.15, 0.2) is 17.3 Å². The molecule has 34 heavy (non-hydrogen) atoms. The molecule has 0 aromatic heterocycles. The van der Waals surface area contributed by atoms with Gasteiger partial charge in [-0.3, -0.25) is 4.79 Å². The molecule has 9 atom stereocenters. The van der Waals surface area contributed by atoms with Crippen LogP contribution in [-0.4, -0.2) is 22.0 Å². The first-order valence-electron chi connectivity index (χ1n) is 13.9. The maximum atomic E-state index is 12.8. The quantitative estimate of drug-likeness (QED) is 0.249. The number of carbonyl (C=O) groups is 1. The van der Waals surface area contributed by atoms with Gasteiger partial charge in [0, 0.05) is 5.41 Å². The third-order valence-corrected chi connectivity index (χ3v) is 13.4. The molecule has 5 rings (SSSR count). The molecular weight excluding hydrogens is 422 g/mol. The highest BCUT2D eigenvalue weighted by Gasteiger charge is 2.71. The van der Waals surface area contributed by atoms with Gasteiger partial charge < -0.3 is 10.3 Å². The van der Waals surface area contributed by atoms with Gasteiger partial charge in [0.05, 0.1) is 11.1 Å². The first kappa shape index (κ1) is 24.4. The van der Waals surface area contributed by atoms with Gasteiger partial charge in [-0.2, -0.15) is 0 Å². The summed E-state index contributed by atoms with van der Waals surface area (Å²) in [4.78, 5) is 12.8. The number of aliphatic carboxylic acids is 1. The maximum Gasteiger partial charge on any atom is 0.309 e. The topological polar surface area (TPSA) is 69.9 Å². The predicted octanol–water partition coefficient (Wildman–Crippen LogP) is 7.56. The molecule has 5 aliphatic rings. The fraction of sp³-hybridized carbons (Fsp3) is 0.867. The van der Waals surface area contributed by atoms with Crippen molar-refractivity contribution in [3.63, 3.8) is 0 Å². The predicted molar refractivity (Wildman–Crippen MR) is 136 cm³/mol. The van der Waals surface area contributed by atoms with Crippen LogP contribution in [0.1, 0.15) is 106 Å². The van der Waals surface area contributed by atoms with Crippen LogP contribution in [0, 0.1) is 56.7 Å². The van der Waals surface area contributed by atoms with Crippen LogP contribution in [-0.2, 0) is 4.79 Å². The number of nitrogens with zero attached hydrogens (tertiary/aromatic N) is 1. The van der Waals surface area contributed by atoms with Gasteiger partial charge in [0.1, 0.15) is 0 Å². The molecule has 0 radical (unpaired) electrons. The van der Waals surface area contributed by atoms with Crippen molar-refractivity contribution >= 4 is 11.7 Å². The summed E-state index contributed by atoms with van der Waals surface area (Å²) in [7, 11) is 0. The van der Waals surface area contributed by atoms with E-state index in [4.69, 9.17) is 0 Å². The third-order valence-electron chi connectivity index (χ3n) is 13.4. The van der Waals surface area contributed by atoms with Crippen LogP contribution in [0.5, 0.6) is 0 Å². The standard InChI is InChI=1S/C30H47NO3/c1-18(2)19-10-15-30(25(32)33)17-16-28(6)20(24(19)30)8-9-22-27(5)13-12-23(31-34)26(3,4)21(27)11-14-29(22,28)7/h19-22,24,34H,1,8-17H2,2-7H3,(H,32,33)/b31-23+/t19-,20+,21-,22-,24-,27-,28+,29+,30+/m0/s1. The molecule has 0 bridgehead atoms. The Hall–Kier alpha value is -1.32. The summed E-state index contributed by atoms with van der Waals surface area (Å²) >= 11 is 0. The fourth-order valence-corrected chi connectivity index (χ4v) is 11.5. The molecule has 0 aromatic carbocycles. The highest BCUT2D eigenvalue weighted by Crippen LogP contribution is 2.77. The zero-order valence-electron chi connectivity index (χ0n) is 22.4. The molecule has 0 spiro atoms. The molecule has 0 aromatic rings. The zero-order chi connectivity index (χ0) is 24.9. The zero-order valence-corrected chi connectivity index (χ0v) is 22.4. The Morgan fingerprint density at radius 3 is 2.24 bits per heavy atom. The second-order valence-corrected chi connectivity index (χ2v) is 14.4. The van der Waals surface area contributed by atoms with Crippen LogP contribution in [0.3, 0.4) is 0 Å². The SMILES string of the molecule is C=C(C)[C@@H]1CC[C@@]2(C(=O)O)CC[C@]3(C)[C@H](CC[C@H]4[C@@]5(C)CC/C(=N\O)C(C)(C)[C@@H]5CC[C@]43C)[C@H]12. The van der Waals surface area contributed by atoms with E-state index < -0.39 is 11.4 Å². The summed E-state index contributed by atoms with van der Waals surface area (Å²) in [5, 5.41) is 24.0. The first-order valence-corrected chi connectivity index (χ1v) is 13.9. The number of carboxylic acid groups (broad SMARTS) is 1. The lowest BCUT2D eigenvalue weighted by atomic mass is 9.32. The molecule has 0 unspecified atom stereocenters. The van der Waals surface area contributed by atoms with Gasteiger partial charge in [-0.1, -0.05) is 51.9 Å². The number of fused-ring (bicyclic) bond motifs is 7.